The highest BCUT2D eigenvalue weighted by atomic mass is 19.1. The molecule has 3 aromatic rings. The maximum atomic E-state index is 14.7. The van der Waals surface area contributed by atoms with Gasteiger partial charge in [-0.25, -0.2) is 4.39 Å². The summed E-state index contributed by atoms with van der Waals surface area (Å²) in [6.07, 6.45) is 6.06. The molecule has 1 aliphatic rings. The van der Waals surface area contributed by atoms with Crippen LogP contribution in [0, 0.1) is 5.82 Å². The summed E-state index contributed by atoms with van der Waals surface area (Å²) < 4.78 is 22.7. The van der Waals surface area contributed by atoms with Gasteiger partial charge in [-0.05, 0) is 49.2 Å². The molecule has 1 aliphatic heterocycles. The minimum Gasteiger partial charge on any atom is -0.454 e. The van der Waals surface area contributed by atoms with Crippen LogP contribution in [-0.2, 0) is 7.05 Å². The summed E-state index contributed by atoms with van der Waals surface area (Å²) in [6.45, 7) is 4.21. The first-order chi connectivity index (χ1) is 13.5. The molecule has 0 aliphatic carbocycles. The fourth-order valence-corrected chi connectivity index (χ4v) is 3.68. The molecule has 0 amide bonds. The molecule has 5 heteroatoms. The van der Waals surface area contributed by atoms with E-state index < -0.39 is 0 Å². The standard InChI is InChI=1S/C23H26FN3O/c1-4-17-13-18(14-25-17)26-15(2)16-8-9-23(20(24)12-16)28-22-7-5-6-21-19(22)10-11-27(21)3/h5-12,14-15,17,25-26H,4,13H2,1-3H3. The number of benzene rings is 2. The molecule has 2 heterocycles. The third-order valence-electron chi connectivity index (χ3n) is 5.42. The van der Waals surface area contributed by atoms with Crippen LogP contribution in [0.15, 0.2) is 60.6 Å². The molecule has 2 atom stereocenters. The topological polar surface area (TPSA) is 38.2 Å². The molecule has 0 bridgehead atoms. The second-order valence-corrected chi connectivity index (χ2v) is 7.42. The number of hydrogen-bond donors (Lipinski definition) is 2. The van der Waals surface area contributed by atoms with Gasteiger partial charge in [-0.15, -0.1) is 0 Å². The van der Waals surface area contributed by atoms with Gasteiger partial charge < -0.3 is 19.9 Å². The maximum absolute atomic E-state index is 14.7. The minimum absolute atomic E-state index is 0.0183. The highest BCUT2D eigenvalue weighted by molar-refractivity contribution is 5.86. The van der Waals surface area contributed by atoms with Crippen molar-refractivity contribution in [3.05, 3.63) is 71.9 Å². The Morgan fingerprint density at radius 3 is 2.86 bits per heavy atom. The highest BCUT2D eigenvalue weighted by Crippen LogP contribution is 2.32. The van der Waals surface area contributed by atoms with Crippen molar-refractivity contribution >= 4 is 10.9 Å². The Kier molecular flexibility index (Phi) is 4.99. The van der Waals surface area contributed by atoms with E-state index in [2.05, 4.69) is 17.6 Å². The predicted molar refractivity (Wildman–Crippen MR) is 111 cm³/mol. The van der Waals surface area contributed by atoms with Gasteiger partial charge in [-0.1, -0.05) is 19.1 Å². The molecule has 0 saturated heterocycles. The summed E-state index contributed by atoms with van der Waals surface area (Å²) in [6, 6.07) is 13.5. The number of fused-ring (bicyclic) bond motifs is 1. The molecular weight excluding hydrogens is 353 g/mol. The number of halogens is 1. The summed E-state index contributed by atoms with van der Waals surface area (Å²) >= 11 is 0. The van der Waals surface area contributed by atoms with Crippen LogP contribution in [0.25, 0.3) is 10.9 Å². The largest absolute Gasteiger partial charge is 0.454 e. The first kappa shape index (κ1) is 18.4. The number of aryl methyl sites for hydroxylation is 1. The fourth-order valence-electron chi connectivity index (χ4n) is 3.68. The third kappa shape index (κ3) is 3.57. The van der Waals surface area contributed by atoms with E-state index in [1.807, 2.05) is 61.3 Å². The molecule has 2 aromatic carbocycles. The second-order valence-electron chi connectivity index (χ2n) is 7.42. The maximum Gasteiger partial charge on any atom is 0.166 e. The van der Waals surface area contributed by atoms with Crippen LogP contribution in [0.5, 0.6) is 11.5 Å². The molecule has 1 aromatic heterocycles. The smallest absolute Gasteiger partial charge is 0.166 e. The van der Waals surface area contributed by atoms with Gasteiger partial charge in [0.1, 0.15) is 5.75 Å². The number of ether oxygens (including phenoxy) is 1. The van der Waals surface area contributed by atoms with E-state index in [4.69, 9.17) is 4.74 Å². The average Bonchev–Trinajstić information content (AvgIpc) is 3.30. The molecule has 2 N–H and O–H groups in total. The lowest BCUT2D eigenvalue weighted by Gasteiger charge is -2.18. The second kappa shape index (κ2) is 7.58. The van der Waals surface area contributed by atoms with Crippen molar-refractivity contribution in [2.45, 2.75) is 38.8 Å². The zero-order valence-electron chi connectivity index (χ0n) is 16.5. The van der Waals surface area contributed by atoms with Crippen molar-refractivity contribution < 1.29 is 9.13 Å². The van der Waals surface area contributed by atoms with Gasteiger partial charge in [-0.2, -0.15) is 0 Å². The summed E-state index contributed by atoms with van der Waals surface area (Å²) in [5.74, 6) is 0.535. The molecule has 4 nitrogen and oxygen atoms in total. The molecular formula is C23H26FN3O. The number of rotatable bonds is 6. The summed E-state index contributed by atoms with van der Waals surface area (Å²) in [5, 5.41) is 7.80. The Morgan fingerprint density at radius 2 is 2.11 bits per heavy atom. The van der Waals surface area contributed by atoms with Gasteiger partial charge in [0.05, 0.1) is 5.52 Å². The Morgan fingerprint density at radius 1 is 1.25 bits per heavy atom. The number of hydrogen-bond acceptors (Lipinski definition) is 3. The Hall–Kier alpha value is -2.95. The van der Waals surface area contributed by atoms with Crippen LogP contribution in [0.3, 0.4) is 0 Å². The van der Waals surface area contributed by atoms with Crippen molar-refractivity contribution in [3.8, 4) is 11.5 Å². The number of aromatic nitrogens is 1. The number of nitrogens with one attached hydrogen (secondary N) is 2. The molecule has 2 unspecified atom stereocenters. The van der Waals surface area contributed by atoms with E-state index in [0.29, 0.717) is 11.8 Å². The Bertz CT molecular complexity index is 1020. The fraction of sp³-hybridized carbons (Fsp3) is 0.304. The minimum atomic E-state index is -0.357. The van der Waals surface area contributed by atoms with Crippen LogP contribution in [-0.4, -0.2) is 10.6 Å². The first-order valence-corrected chi connectivity index (χ1v) is 9.78. The van der Waals surface area contributed by atoms with E-state index in [9.17, 15) is 4.39 Å². The summed E-state index contributed by atoms with van der Waals surface area (Å²) in [5.41, 5.74) is 3.11. The zero-order chi connectivity index (χ0) is 19.7. The quantitative estimate of drug-likeness (QED) is 0.604. The molecule has 0 saturated carbocycles. The monoisotopic (exact) mass is 379 g/mol. The van der Waals surface area contributed by atoms with E-state index in [1.54, 1.807) is 12.1 Å². The zero-order valence-corrected chi connectivity index (χ0v) is 16.5. The first-order valence-electron chi connectivity index (χ1n) is 9.78. The van der Waals surface area contributed by atoms with Gasteiger partial charge in [0.25, 0.3) is 0 Å². The Labute approximate surface area is 165 Å². The SMILES string of the molecule is CCC1CC(NC(C)c2ccc(Oc3cccc4c3ccn4C)c(F)c2)=CN1. The van der Waals surface area contributed by atoms with Crippen LogP contribution in [0.4, 0.5) is 4.39 Å². The van der Waals surface area contributed by atoms with Crippen molar-refractivity contribution in [1.82, 2.24) is 15.2 Å². The van der Waals surface area contributed by atoms with E-state index in [0.717, 1.165) is 35.0 Å². The van der Waals surface area contributed by atoms with E-state index in [1.165, 1.54) is 0 Å². The lowest BCUT2D eigenvalue weighted by Crippen LogP contribution is -2.20. The van der Waals surface area contributed by atoms with E-state index in [-0.39, 0.29) is 17.6 Å². The van der Waals surface area contributed by atoms with Gasteiger partial charge in [0.15, 0.2) is 11.6 Å². The predicted octanol–water partition coefficient (Wildman–Crippen LogP) is 5.37. The normalized spacial score (nSPS) is 17.3. The van der Waals surface area contributed by atoms with Gasteiger partial charge >= 0.3 is 0 Å². The van der Waals surface area contributed by atoms with Crippen LogP contribution in [0.1, 0.15) is 38.3 Å². The average molecular weight is 379 g/mol. The summed E-state index contributed by atoms with van der Waals surface area (Å²) in [4.78, 5) is 0. The van der Waals surface area contributed by atoms with Gasteiger partial charge in [0, 0.05) is 49.0 Å². The van der Waals surface area contributed by atoms with E-state index >= 15 is 0 Å². The van der Waals surface area contributed by atoms with Crippen molar-refractivity contribution in [3.63, 3.8) is 0 Å². The Balaban J connectivity index is 1.50. The lowest BCUT2D eigenvalue weighted by atomic mass is 10.1. The van der Waals surface area contributed by atoms with Crippen LogP contribution < -0.4 is 15.4 Å². The van der Waals surface area contributed by atoms with Crippen molar-refractivity contribution in [2.75, 3.05) is 0 Å². The third-order valence-corrected chi connectivity index (χ3v) is 5.42. The van der Waals surface area contributed by atoms with Crippen LogP contribution >= 0.6 is 0 Å². The van der Waals surface area contributed by atoms with Crippen molar-refractivity contribution in [1.29, 1.82) is 0 Å². The van der Waals surface area contributed by atoms with Crippen LogP contribution in [0.2, 0.25) is 0 Å². The molecule has 4 rings (SSSR count). The summed E-state index contributed by atoms with van der Waals surface area (Å²) in [7, 11) is 1.98. The molecule has 146 valence electrons. The van der Waals surface area contributed by atoms with Crippen molar-refractivity contribution in [2.24, 2.45) is 7.05 Å². The molecule has 0 fully saturated rings. The molecule has 28 heavy (non-hydrogen) atoms. The van der Waals surface area contributed by atoms with Gasteiger partial charge in [0.2, 0.25) is 0 Å². The molecule has 0 radical (unpaired) electrons. The van der Waals surface area contributed by atoms with Gasteiger partial charge in [-0.3, -0.25) is 0 Å². The highest BCUT2D eigenvalue weighted by Gasteiger charge is 2.17. The molecule has 0 spiro atoms. The number of nitrogens with zero attached hydrogens (tertiary/aromatic N) is 1. The lowest BCUT2D eigenvalue weighted by molar-refractivity contribution is 0.445.